The number of sulfonamides is 1. The third-order valence-corrected chi connectivity index (χ3v) is 11.5. The molecule has 2 aromatic rings. The van der Waals surface area contributed by atoms with Crippen LogP contribution in [-0.4, -0.2) is 68.0 Å². The number of halogens is 2. The summed E-state index contributed by atoms with van der Waals surface area (Å²) in [5.41, 5.74) is 5.74. The molecule has 2 saturated heterocycles. The predicted molar refractivity (Wildman–Crippen MR) is 169 cm³/mol. The van der Waals surface area contributed by atoms with Crippen molar-refractivity contribution in [2.24, 2.45) is 11.7 Å². The average Bonchev–Trinajstić information content (AvgIpc) is 3.31. The number of ether oxygens (including phenoxy) is 2. The molecule has 0 radical (unpaired) electrons. The van der Waals surface area contributed by atoms with Crippen LogP contribution in [0.3, 0.4) is 0 Å². The second-order valence-corrected chi connectivity index (χ2v) is 14.9. The van der Waals surface area contributed by atoms with Gasteiger partial charge in [0.1, 0.15) is 11.5 Å². The van der Waals surface area contributed by atoms with Gasteiger partial charge in [-0.15, -0.1) is 0 Å². The van der Waals surface area contributed by atoms with E-state index in [2.05, 4.69) is 0 Å². The molecule has 2 aromatic carbocycles. The van der Waals surface area contributed by atoms with E-state index >= 15 is 8.78 Å². The summed E-state index contributed by atoms with van der Waals surface area (Å²) in [5, 5.41) is 0. The maximum Gasteiger partial charge on any atom is 0.298 e. The van der Waals surface area contributed by atoms with Gasteiger partial charge < -0.3 is 20.1 Å². The summed E-state index contributed by atoms with van der Waals surface area (Å²) >= 11 is 0. The monoisotopic (exact) mass is 647 g/mol. The molecule has 2 N–H and O–H groups in total. The second-order valence-electron chi connectivity index (χ2n) is 12.9. The average molecular weight is 648 g/mol. The minimum atomic E-state index is -4.51. The van der Waals surface area contributed by atoms with Gasteiger partial charge in [-0.05, 0) is 99.4 Å². The van der Waals surface area contributed by atoms with Gasteiger partial charge in [0.15, 0.2) is 6.04 Å². The van der Waals surface area contributed by atoms with Gasteiger partial charge in [-0.2, -0.15) is 13.1 Å². The summed E-state index contributed by atoms with van der Waals surface area (Å²) in [6.45, 7) is 3.04. The molecule has 1 saturated carbocycles. The van der Waals surface area contributed by atoms with E-state index in [9.17, 15) is 13.2 Å². The van der Waals surface area contributed by atoms with Crippen LogP contribution in [0.1, 0.15) is 83.1 Å². The molecule has 5 rings (SSSR count). The molecule has 3 fully saturated rings. The molecule has 1 amide bonds. The summed E-state index contributed by atoms with van der Waals surface area (Å²) in [4.78, 5) is 15.5. The molecule has 11 heteroatoms. The summed E-state index contributed by atoms with van der Waals surface area (Å²) < 4.78 is 73.2. The number of piperidine rings is 1. The molecule has 0 aromatic heterocycles. The number of carbonyl (C=O) groups is 1. The van der Waals surface area contributed by atoms with Crippen molar-refractivity contribution in [3.05, 3.63) is 54.1 Å². The van der Waals surface area contributed by atoms with Crippen molar-refractivity contribution in [3.8, 4) is 11.5 Å². The molecular formula is C34H47F2N3O5S. The highest BCUT2D eigenvalue weighted by molar-refractivity contribution is 7.89. The number of fused-ring (bicyclic) bond motifs is 2. The number of nitrogens with two attached hydrogens (primary N) is 1. The van der Waals surface area contributed by atoms with E-state index in [-0.39, 0.29) is 23.0 Å². The van der Waals surface area contributed by atoms with E-state index in [1.54, 1.807) is 12.1 Å². The fourth-order valence-corrected chi connectivity index (χ4v) is 8.42. The Morgan fingerprint density at radius 2 is 1.53 bits per heavy atom. The Bertz CT molecular complexity index is 1370. The van der Waals surface area contributed by atoms with Gasteiger partial charge in [-0.25, -0.2) is 8.42 Å². The third kappa shape index (κ3) is 7.46. The largest absolute Gasteiger partial charge is 0.494 e. The van der Waals surface area contributed by atoms with Crippen molar-refractivity contribution < 1.29 is 31.5 Å². The SMILES string of the molecule is CCCCOc1ccc(C(F)(F)C(C(=O)N2C3CCC2CC(N)C3)N(C)S(=O)(=O)c2ccc(OCC3CCCCC3)cc2)cc1. The minimum Gasteiger partial charge on any atom is -0.494 e. The first-order chi connectivity index (χ1) is 21.5. The Balaban J connectivity index is 1.41. The molecule has 0 spiro atoms. The van der Waals surface area contributed by atoms with Gasteiger partial charge in [0.05, 0.1) is 18.1 Å². The number of rotatable bonds is 13. The Morgan fingerprint density at radius 3 is 2.13 bits per heavy atom. The highest BCUT2D eigenvalue weighted by Crippen LogP contribution is 2.42. The van der Waals surface area contributed by atoms with Gasteiger partial charge in [-0.1, -0.05) is 32.6 Å². The van der Waals surface area contributed by atoms with E-state index in [1.165, 1.54) is 60.6 Å². The van der Waals surface area contributed by atoms with Gasteiger partial charge in [0.2, 0.25) is 15.9 Å². The number of unbranched alkanes of at least 4 members (excludes halogenated alkanes) is 1. The van der Waals surface area contributed by atoms with Crippen molar-refractivity contribution >= 4 is 15.9 Å². The highest BCUT2D eigenvalue weighted by atomic mass is 32.2. The lowest BCUT2D eigenvalue weighted by Crippen LogP contribution is -2.61. The smallest absolute Gasteiger partial charge is 0.298 e. The summed E-state index contributed by atoms with van der Waals surface area (Å²) in [6.07, 6.45) is 9.91. The van der Waals surface area contributed by atoms with Crippen molar-refractivity contribution in [3.63, 3.8) is 0 Å². The summed E-state index contributed by atoms with van der Waals surface area (Å²) in [7, 11) is -3.44. The van der Waals surface area contributed by atoms with Gasteiger partial charge >= 0.3 is 0 Å². The quantitative estimate of drug-likeness (QED) is 0.264. The fourth-order valence-electron chi connectivity index (χ4n) is 7.11. The van der Waals surface area contributed by atoms with Crippen molar-refractivity contribution in [2.45, 2.75) is 113 Å². The number of likely N-dealkylation sites (N-methyl/N-ethyl adjacent to an activating group) is 1. The van der Waals surface area contributed by atoms with Crippen LogP contribution in [0, 0.1) is 5.92 Å². The number of alkyl halides is 2. The van der Waals surface area contributed by atoms with Crippen LogP contribution in [0.5, 0.6) is 11.5 Å². The second kappa shape index (κ2) is 14.3. The van der Waals surface area contributed by atoms with Crippen LogP contribution >= 0.6 is 0 Å². The fraction of sp³-hybridized carbons (Fsp3) is 0.618. The highest BCUT2D eigenvalue weighted by Gasteiger charge is 2.56. The van der Waals surface area contributed by atoms with E-state index in [0.29, 0.717) is 60.6 Å². The van der Waals surface area contributed by atoms with E-state index in [4.69, 9.17) is 15.2 Å². The molecule has 2 aliphatic heterocycles. The van der Waals surface area contributed by atoms with Gasteiger partial charge in [0, 0.05) is 30.7 Å². The van der Waals surface area contributed by atoms with Crippen LogP contribution in [0.25, 0.3) is 0 Å². The van der Waals surface area contributed by atoms with Crippen LogP contribution in [-0.2, 0) is 20.7 Å². The Labute approximate surface area is 266 Å². The molecule has 45 heavy (non-hydrogen) atoms. The number of amides is 1. The van der Waals surface area contributed by atoms with Gasteiger partial charge in [-0.3, -0.25) is 4.79 Å². The van der Waals surface area contributed by atoms with Gasteiger partial charge in [0.25, 0.3) is 5.92 Å². The van der Waals surface area contributed by atoms with E-state index in [0.717, 1.165) is 32.7 Å². The minimum absolute atomic E-state index is 0.119. The molecule has 3 unspecified atom stereocenters. The van der Waals surface area contributed by atoms with Crippen LogP contribution in [0.15, 0.2) is 53.4 Å². The summed E-state index contributed by atoms with van der Waals surface area (Å²) in [6, 6.07) is 8.08. The number of nitrogens with zero attached hydrogens (tertiary/aromatic N) is 2. The lowest BCUT2D eigenvalue weighted by Gasteiger charge is -2.42. The zero-order valence-electron chi connectivity index (χ0n) is 26.4. The molecule has 3 aliphatic rings. The van der Waals surface area contributed by atoms with Crippen LogP contribution in [0.2, 0.25) is 0 Å². The molecule has 8 nitrogen and oxygen atoms in total. The maximum absolute atomic E-state index is 16.6. The van der Waals surface area contributed by atoms with E-state index < -0.39 is 33.5 Å². The van der Waals surface area contributed by atoms with Crippen LogP contribution < -0.4 is 15.2 Å². The molecular weight excluding hydrogens is 600 g/mol. The molecule has 2 heterocycles. The molecule has 3 atom stereocenters. The lowest BCUT2D eigenvalue weighted by molar-refractivity contribution is -0.154. The summed E-state index contributed by atoms with van der Waals surface area (Å²) in [5.74, 6) is -3.33. The Kier molecular flexibility index (Phi) is 10.7. The maximum atomic E-state index is 16.6. The van der Waals surface area contributed by atoms with Crippen molar-refractivity contribution in [2.75, 3.05) is 20.3 Å². The predicted octanol–water partition coefficient (Wildman–Crippen LogP) is 6.09. The zero-order chi connectivity index (χ0) is 32.2. The first-order valence-corrected chi connectivity index (χ1v) is 17.9. The first kappa shape index (κ1) is 33.6. The lowest BCUT2D eigenvalue weighted by atomic mass is 9.90. The normalized spacial score (nSPS) is 23.2. The van der Waals surface area contributed by atoms with Crippen molar-refractivity contribution in [1.82, 2.24) is 9.21 Å². The topological polar surface area (TPSA) is 102 Å². The van der Waals surface area contributed by atoms with E-state index in [1.807, 2.05) is 6.92 Å². The zero-order valence-corrected chi connectivity index (χ0v) is 27.2. The Hall–Kier alpha value is -2.76. The molecule has 2 bridgehead atoms. The Morgan fingerprint density at radius 1 is 0.956 bits per heavy atom. The van der Waals surface area contributed by atoms with Crippen LogP contribution in [0.4, 0.5) is 8.78 Å². The van der Waals surface area contributed by atoms with Crippen molar-refractivity contribution in [1.29, 1.82) is 0 Å². The standard InChI is InChI=1S/C34H47F2N3O5S/c1-3-4-20-43-29-14-10-25(11-15-29)34(35,36)32(33(40)39-27-12-13-28(39)22-26(37)21-27)38(2)45(41,42)31-18-16-30(17-19-31)44-23-24-8-6-5-7-9-24/h10-11,14-19,24,26-28,32H,3-9,12-13,20-23,37H2,1-2H3. The number of hydrogen-bond acceptors (Lipinski definition) is 6. The number of benzene rings is 2. The number of hydrogen-bond donors (Lipinski definition) is 1. The molecule has 248 valence electrons. The number of carbonyl (C=O) groups excluding carboxylic acids is 1. The first-order valence-electron chi connectivity index (χ1n) is 16.4. The molecule has 1 aliphatic carbocycles. The third-order valence-electron chi connectivity index (χ3n) is 9.68.